The molecule has 0 spiro atoms. The lowest BCUT2D eigenvalue weighted by molar-refractivity contribution is 0.642. The third kappa shape index (κ3) is 3.00. The third-order valence-electron chi connectivity index (χ3n) is 2.44. The summed E-state index contributed by atoms with van der Waals surface area (Å²) in [7, 11) is 0. The highest BCUT2D eigenvalue weighted by Crippen LogP contribution is 2.22. The normalized spacial score (nSPS) is 10.6. The first-order valence-corrected chi connectivity index (χ1v) is 5.91. The van der Waals surface area contributed by atoms with Crippen molar-refractivity contribution >= 4 is 23.2 Å². The van der Waals surface area contributed by atoms with Gasteiger partial charge in [0.05, 0.1) is 6.33 Å². The third-order valence-corrected chi connectivity index (χ3v) is 3.02. The largest absolute Gasteiger partial charge is 0.337 e. The van der Waals surface area contributed by atoms with Gasteiger partial charge in [-0.1, -0.05) is 29.3 Å². The van der Waals surface area contributed by atoms with Crippen molar-refractivity contribution in [2.24, 2.45) is 0 Å². The fourth-order valence-corrected chi connectivity index (χ4v) is 2.10. The smallest absolute Gasteiger partial charge is 0.0945 e. The zero-order valence-corrected chi connectivity index (χ0v) is 10.2. The van der Waals surface area contributed by atoms with Crippen molar-refractivity contribution in [2.75, 3.05) is 0 Å². The first-order chi connectivity index (χ1) is 7.75. The lowest BCUT2D eigenvalue weighted by Gasteiger charge is -2.05. The molecule has 0 aliphatic heterocycles. The number of nitrogens with zero attached hydrogens (tertiary/aromatic N) is 2. The second-order valence-electron chi connectivity index (χ2n) is 3.64. The van der Waals surface area contributed by atoms with Crippen LogP contribution in [-0.4, -0.2) is 9.55 Å². The standard InChI is InChI=1S/C12H12Cl2N2/c13-11-4-3-10(12(14)8-11)2-1-6-16-7-5-15-9-16/h3-5,7-9H,1-2,6H2. The Morgan fingerprint density at radius 1 is 1.25 bits per heavy atom. The van der Waals surface area contributed by atoms with Crippen LogP contribution >= 0.6 is 23.2 Å². The second kappa shape index (κ2) is 5.37. The molecule has 16 heavy (non-hydrogen) atoms. The van der Waals surface area contributed by atoms with E-state index in [0.717, 1.165) is 30.0 Å². The molecule has 1 aromatic heterocycles. The molecular formula is C12H12Cl2N2. The highest BCUT2D eigenvalue weighted by atomic mass is 35.5. The van der Waals surface area contributed by atoms with Crippen LogP contribution < -0.4 is 0 Å². The quantitative estimate of drug-likeness (QED) is 0.811. The van der Waals surface area contributed by atoms with E-state index in [1.54, 1.807) is 12.3 Å². The molecule has 0 aliphatic carbocycles. The van der Waals surface area contributed by atoms with Crippen molar-refractivity contribution in [3.8, 4) is 0 Å². The molecule has 0 unspecified atom stereocenters. The molecule has 0 amide bonds. The Balaban J connectivity index is 1.90. The first-order valence-electron chi connectivity index (χ1n) is 5.15. The monoisotopic (exact) mass is 254 g/mol. The lowest BCUT2D eigenvalue weighted by Crippen LogP contribution is -1.97. The van der Waals surface area contributed by atoms with E-state index < -0.39 is 0 Å². The van der Waals surface area contributed by atoms with E-state index in [1.165, 1.54) is 0 Å². The molecule has 84 valence electrons. The van der Waals surface area contributed by atoms with Gasteiger partial charge in [-0.15, -0.1) is 0 Å². The molecule has 1 heterocycles. The molecular weight excluding hydrogens is 243 g/mol. The molecule has 0 atom stereocenters. The van der Waals surface area contributed by atoms with Crippen LogP contribution in [-0.2, 0) is 13.0 Å². The summed E-state index contributed by atoms with van der Waals surface area (Å²) < 4.78 is 2.06. The van der Waals surface area contributed by atoms with Crippen molar-refractivity contribution in [3.05, 3.63) is 52.5 Å². The van der Waals surface area contributed by atoms with Gasteiger partial charge in [0, 0.05) is 29.0 Å². The predicted octanol–water partition coefficient (Wildman–Crippen LogP) is 3.82. The highest BCUT2D eigenvalue weighted by Gasteiger charge is 2.01. The molecule has 0 aliphatic rings. The van der Waals surface area contributed by atoms with Gasteiger partial charge in [0.2, 0.25) is 0 Å². The fourth-order valence-electron chi connectivity index (χ4n) is 1.60. The Kier molecular flexibility index (Phi) is 3.86. The Labute approximate surface area is 105 Å². The number of benzene rings is 1. The molecule has 0 radical (unpaired) electrons. The van der Waals surface area contributed by atoms with Crippen molar-refractivity contribution < 1.29 is 0 Å². The Morgan fingerprint density at radius 3 is 2.81 bits per heavy atom. The summed E-state index contributed by atoms with van der Waals surface area (Å²) in [6, 6.07) is 5.65. The van der Waals surface area contributed by atoms with Crippen LogP contribution in [0.5, 0.6) is 0 Å². The Hall–Kier alpha value is -0.990. The first kappa shape index (κ1) is 11.5. The summed E-state index contributed by atoms with van der Waals surface area (Å²) in [6.07, 6.45) is 7.56. The molecule has 0 fully saturated rings. The van der Waals surface area contributed by atoms with Crippen molar-refractivity contribution in [1.82, 2.24) is 9.55 Å². The topological polar surface area (TPSA) is 17.8 Å². The summed E-state index contributed by atoms with van der Waals surface area (Å²) in [5.41, 5.74) is 1.14. The number of hydrogen-bond donors (Lipinski definition) is 0. The predicted molar refractivity (Wildman–Crippen MR) is 67.0 cm³/mol. The Morgan fingerprint density at radius 2 is 2.12 bits per heavy atom. The molecule has 2 nitrogen and oxygen atoms in total. The average Bonchev–Trinajstić information content (AvgIpc) is 2.74. The summed E-state index contributed by atoms with van der Waals surface area (Å²) in [4.78, 5) is 4.00. The minimum Gasteiger partial charge on any atom is -0.337 e. The van der Waals surface area contributed by atoms with Gasteiger partial charge in [-0.05, 0) is 30.5 Å². The number of aromatic nitrogens is 2. The summed E-state index contributed by atoms with van der Waals surface area (Å²) in [5.74, 6) is 0. The van der Waals surface area contributed by atoms with E-state index in [2.05, 4.69) is 9.55 Å². The van der Waals surface area contributed by atoms with E-state index in [9.17, 15) is 0 Å². The van der Waals surface area contributed by atoms with Crippen LogP contribution in [0.15, 0.2) is 36.9 Å². The number of imidazole rings is 1. The van der Waals surface area contributed by atoms with Crippen molar-refractivity contribution in [3.63, 3.8) is 0 Å². The maximum Gasteiger partial charge on any atom is 0.0945 e. The molecule has 2 aromatic rings. The van der Waals surface area contributed by atoms with Gasteiger partial charge in [-0.25, -0.2) is 4.98 Å². The van der Waals surface area contributed by atoms with Gasteiger partial charge in [0.15, 0.2) is 0 Å². The van der Waals surface area contributed by atoms with Crippen LogP contribution in [0.3, 0.4) is 0 Å². The van der Waals surface area contributed by atoms with Gasteiger partial charge in [0.1, 0.15) is 0 Å². The SMILES string of the molecule is Clc1ccc(CCCn2ccnc2)c(Cl)c1. The second-order valence-corrected chi connectivity index (χ2v) is 4.48. The number of hydrogen-bond acceptors (Lipinski definition) is 1. The van der Waals surface area contributed by atoms with Gasteiger partial charge >= 0.3 is 0 Å². The number of rotatable bonds is 4. The van der Waals surface area contributed by atoms with Crippen LogP contribution in [0.2, 0.25) is 10.0 Å². The van der Waals surface area contributed by atoms with E-state index in [4.69, 9.17) is 23.2 Å². The van der Waals surface area contributed by atoms with Gasteiger partial charge in [-0.3, -0.25) is 0 Å². The van der Waals surface area contributed by atoms with E-state index >= 15 is 0 Å². The molecule has 1 aromatic carbocycles. The average molecular weight is 255 g/mol. The van der Waals surface area contributed by atoms with Gasteiger partial charge < -0.3 is 4.57 Å². The van der Waals surface area contributed by atoms with Crippen LogP contribution in [0.4, 0.5) is 0 Å². The maximum absolute atomic E-state index is 6.09. The maximum atomic E-state index is 6.09. The van der Waals surface area contributed by atoms with Crippen molar-refractivity contribution in [2.45, 2.75) is 19.4 Å². The Bertz CT molecular complexity index is 452. The van der Waals surface area contributed by atoms with Crippen molar-refractivity contribution in [1.29, 1.82) is 0 Å². The molecule has 0 N–H and O–H groups in total. The summed E-state index contributed by atoms with van der Waals surface area (Å²) in [6.45, 7) is 0.957. The van der Waals surface area contributed by atoms with E-state index in [0.29, 0.717) is 5.02 Å². The van der Waals surface area contributed by atoms with E-state index in [1.807, 2.05) is 24.7 Å². The number of aryl methyl sites for hydroxylation is 2. The van der Waals surface area contributed by atoms with Crippen LogP contribution in [0, 0.1) is 0 Å². The highest BCUT2D eigenvalue weighted by molar-refractivity contribution is 6.35. The molecule has 0 saturated heterocycles. The van der Waals surface area contributed by atoms with Crippen LogP contribution in [0.25, 0.3) is 0 Å². The molecule has 0 saturated carbocycles. The summed E-state index contributed by atoms with van der Waals surface area (Å²) >= 11 is 11.9. The minimum atomic E-state index is 0.684. The lowest BCUT2D eigenvalue weighted by atomic mass is 10.1. The molecule has 2 rings (SSSR count). The van der Waals surface area contributed by atoms with Gasteiger partial charge in [-0.2, -0.15) is 0 Å². The minimum absolute atomic E-state index is 0.684. The number of halogens is 2. The van der Waals surface area contributed by atoms with Gasteiger partial charge in [0.25, 0.3) is 0 Å². The summed E-state index contributed by atoms with van der Waals surface area (Å²) in [5, 5.41) is 1.43. The van der Waals surface area contributed by atoms with E-state index in [-0.39, 0.29) is 0 Å². The fraction of sp³-hybridized carbons (Fsp3) is 0.250. The zero-order chi connectivity index (χ0) is 11.4. The molecule has 4 heteroatoms. The molecule has 0 bridgehead atoms. The zero-order valence-electron chi connectivity index (χ0n) is 8.74. The van der Waals surface area contributed by atoms with Crippen LogP contribution in [0.1, 0.15) is 12.0 Å².